The third-order valence-electron chi connectivity index (χ3n) is 2.99. The van der Waals surface area contributed by atoms with Gasteiger partial charge in [-0.05, 0) is 24.3 Å². The van der Waals surface area contributed by atoms with E-state index in [9.17, 15) is 19.7 Å². The molecule has 0 atom stereocenters. The molecule has 2 rings (SSSR count). The van der Waals surface area contributed by atoms with Gasteiger partial charge in [-0.15, -0.1) is 0 Å². The van der Waals surface area contributed by atoms with Gasteiger partial charge < -0.3 is 5.73 Å². The molecule has 0 bridgehead atoms. The van der Waals surface area contributed by atoms with E-state index in [2.05, 4.69) is 0 Å². The molecule has 0 unspecified atom stereocenters. The van der Waals surface area contributed by atoms with Gasteiger partial charge in [-0.25, -0.2) is 0 Å². The van der Waals surface area contributed by atoms with Crippen LogP contribution in [0.5, 0.6) is 0 Å². The van der Waals surface area contributed by atoms with Crippen molar-refractivity contribution >= 4 is 17.4 Å². The van der Waals surface area contributed by atoms with Gasteiger partial charge in [-0.3, -0.25) is 19.7 Å². The van der Waals surface area contributed by atoms with Crippen LogP contribution >= 0.6 is 0 Å². The molecule has 0 aliphatic carbocycles. The van der Waals surface area contributed by atoms with E-state index < -0.39 is 16.6 Å². The Morgan fingerprint density at radius 3 is 1.95 bits per heavy atom. The Morgan fingerprint density at radius 1 is 0.909 bits per heavy atom. The first kappa shape index (κ1) is 15.1. The maximum absolute atomic E-state index is 12.1. The van der Waals surface area contributed by atoms with E-state index in [4.69, 9.17) is 5.73 Å². The molecular formula is C16H12N2O4. The predicted molar refractivity (Wildman–Crippen MR) is 80.7 cm³/mol. The number of allylic oxidation sites excluding steroid dienone is 1. The number of nitrogens with two attached hydrogens (primary N) is 1. The topological polar surface area (TPSA) is 103 Å². The summed E-state index contributed by atoms with van der Waals surface area (Å²) in [5, 5.41) is 11.1. The number of hydrogen-bond donors (Lipinski definition) is 1. The lowest BCUT2D eigenvalue weighted by atomic mass is 10.1. The summed E-state index contributed by atoms with van der Waals surface area (Å²) in [6.45, 7) is 0. The molecule has 0 saturated carbocycles. The first-order valence-electron chi connectivity index (χ1n) is 6.35. The summed E-state index contributed by atoms with van der Waals surface area (Å²) >= 11 is 0. The number of carbonyl (C=O) groups is 2. The average molecular weight is 296 g/mol. The Bertz CT molecular complexity index is 749. The van der Waals surface area contributed by atoms with Crippen molar-refractivity contribution in [2.45, 2.75) is 0 Å². The number of primary amides is 1. The third-order valence-corrected chi connectivity index (χ3v) is 2.99. The minimum atomic E-state index is -0.607. The number of benzene rings is 2. The minimum Gasteiger partial charge on any atom is -0.366 e. The maximum atomic E-state index is 12.1. The SMILES string of the molecule is NC(=O)c1ccc(C(=O)/C=C(/c2ccccc2)[N+](=O)[O-])cc1. The fraction of sp³-hybridized carbons (Fsp3) is 0. The zero-order valence-electron chi connectivity index (χ0n) is 11.4. The van der Waals surface area contributed by atoms with Gasteiger partial charge in [0.2, 0.25) is 5.91 Å². The van der Waals surface area contributed by atoms with Crippen LogP contribution in [0.3, 0.4) is 0 Å². The van der Waals surface area contributed by atoms with E-state index in [1.54, 1.807) is 30.3 Å². The summed E-state index contributed by atoms with van der Waals surface area (Å²) < 4.78 is 0. The van der Waals surface area contributed by atoms with Crippen molar-refractivity contribution in [1.82, 2.24) is 0 Å². The number of carbonyl (C=O) groups excluding carboxylic acids is 2. The second-order valence-corrected chi connectivity index (χ2v) is 4.46. The molecule has 1 amide bonds. The van der Waals surface area contributed by atoms with E-state index in [-0.39, 0.29) is 16.8 Å². The zero-order chi connectivity index (χ0) is 16.1. The highest BCUT2D eigenvalue weighted by Gasteiger charge is 2.17. The first-order valence-corrected chi connectivity index (χ1v) is 6.35. The highest BCUT2D eigenvalue weighted by atomic mass is 16.6. The Balaban J connectivity index is 2.34. The van der Waals surface area contributed by atoms with E-state index in [0.29, 0.717) is 5.56 Å². The molecule has 0 saturated heterocycles. The molecule has 2 N–H and O–H groups in total. The lowest BCUT2D eigenvalue weighted by molar-refractivity contribution is -0.375. The van der Waals surface area contributed by atoms with Crippen LogP contribution in [0.1, 0.15) is 26.3 Å². The zero-order valence-corrected chi connectivity index (χ0v) is 11.4. The largest absolute Gasteiger partial charge is 0.366 e. The third kappa shape index (κ3) is 3.43. The van der Waals surface area contributed by atoms with Crippen molar-refractivity contribution in [3.8, 4) is 0 Å². The Kier molecular flexibility index (Phi) is 4.43. The second kappa shape index (κ2) is 6.45. The molecule has 2 aromatic rings. The summed E-state index contributed by atoms with van der Waals surface area (Å²) in [7, 11) is 0. The summed E-state index contributed by atoms with van der Waals surface area (Å²) in [6.07, 6.45) is 0.967. The number of amides is 1. The van der Waals surface area contributed by atoms with E-state index >= 15 is 0 Å². The Morgan fingerprint density at radius 2 is 1.45 bits per heavy atom. The molecule has 0 spiro atoms. The van der Waals surface area contributed by atoms with E-state index in [0.717, 1.165) is 6.08 Å². The van der Waals surface area contributed by atoms with Crippen LogP contribution in [-0.2, 0) is 0 Å². The molecular weight excluding hydrogens is 284 g/mol. The molecule has 0 heterocycles. The number of nitrogens with zero attached hydrogens (tertiary/aromatic N) is 1. The first-order chi connectivity index (χ1) is 10.5. The molecule has 0 aliphatic rings. The van der Waals surface area contributed by atoms with Crippen LogP contribution in [0.25, 0.3) is 5.70 Å². The summed E-state index contributed by atoms with van der Waals surface area (Å²) in [4.78, 5) is 33.6. The molecule has 22 heavy (non-hydrogen) atoms. The van der Waals surface area contributed by atoms with Gasteiger partial charge in [0.1, 0.15) is 0 Å². The fourth-order valence-electron chi connectivity index (χ4n) is 1.86. The number of hydrogen-bond acceptors (Lipinski definition) is 4. The molecule has 0 aliphatic heterocycles. The van der Waals surface area contributed by atoms with Crippen molar-refractivity contribution in [2.75, 3.05) is 0 Å². The van der Waals surface area contributed by atoms with Crippen molar-refractivity contribution in [2.24, 2.45) is 5.73 Å². The molecule has 6 nitrogen and oxygen atoms in total. The maximum Gasteiger partial charge on any atom is 0.280 e. The average Bonchev–Trinajstić information content (AvgIpc) is 2.53. The van der Waals surface area contributed by atoms with Crippen LogP contribution in [0.4, 0.5) is 0 Å². The lowest BCUT2D eigenvalue weighted by Crippen LogP contribution is -2.11. The van der Waals surface area contributed by atoms with Gasteiger partial charge in [-0.1, -0.05) is 30.3 Å². The summed E-state index contributed by atoms with van der Waals surface area (Å²) in [5.41, 5.74) is 5.66. The molecule has 0 fully saturated rings. The number of rotatable bonds is 5. The van der Waals surface area contributed by atoms with Crippen molar-refractivity contribution in [3.05, 3.63) is 87.5 Å². The monoisotopic (exact) mass is 296 g/mol. The van der Waals surface area contributed by atoms with Crippen LogP contribution in [-0.4, -0.2) is 16.6 Å². The Hall–Kier alpha value is -3.28. The van der Waals surface area contributed by atoms with E-state index in [1.165, 1.54) is 24.3 Å². The van der Waals surface area contributed by atoms with Gasteiger partial charge >= 0.3 is 0 Å². The highest BCUT2D eigenvalue weighted by molar-refractivity contribution is 6.08. The van der Waals surface area contributed by atoms with Crippen LogP contribution in [0.2, 0.25) is 0 Å². The van der Waals surface area contributed by atoms with Crippen LogP contribution in [0, 0.1) is 10.1 Å². The normalized spacial score (nSPS) is 11.0. The van der Waals surface area contributed by atoms with Crippen LogP contribution in [0.15, 0.2) is 60.7 Å². The van der Waals surface area contributed by atoms with Gasteiger partial charge in [0.25, 0.3) is 5.70 Å². The van der Waals surface area contributed by atoms with E-state index in [1.807, 2.05) is 0 Å². The van der Waals surface area contributed by atoms with Gasteiger partial charge in [0.05, 0.1) is 16.6 Å². The van der Waals surface area contributed by atoms with Gasteiger partial charge in [-0.2, -0.15) is 0 Å². The van der Waals surface area contributed by atoms with Gasteiger partial charge in [0.15, 0.2) is 5.78 Å². The molecule has 0 aromatic heterocycles. The fourth-order valence-corrected chi connectivity index (χ4v) is 1.86. The van der Waals surface area contributed by atoms with Crippen molar-refractivity contribution in [1.29, 1.82) is 0 Å². The van der Waals surface area contributed by atoms with Crippen molar-refractivity contribution in [3.63, 3.8) is 0 Å². The molecule has 0 radical (unpaired) electrons. The minimum absolute atomic E-state index is 0.236. The second-order valence-electron chi connectivity index (χ2n) is 4.46. The number of nitro groups is 1. The lowest BCUT2D eigenvalue weighted by Gasteiger charge is -2.00. The van der Waals surface area contributed by atoms with Crippen molar-refractivity contribution < 1.29 is 14.5 Å². The quantitative estimate of drug-likeness (QED) is 0.395. The predicted octanol–water partition coefficient (Wildman–Crippen LogP) is 2.29. The van der Waals surface area contributed by atoms with Crippen LogP contribution < -0.4 is 5.73 Å². The smallest absolute Gasteiger partial charge is 0.280 e. The molecule has 6 heteroatoms. The summed E-state index contributed by atoms with van der Waals surface area (Å²) in [6, 6.07) is 13.7. The highest BCUT2D eigenvalue weighted by Crippen LogP contribution is 2.16. The number of ketones is 1. The standard InChI is InChI=1S/C16H12N2O4/c17-16(20)13-8-6-12(7-9-13)15(19)10-14(18(21)22)11-4-2-1-3-5-11/h1-10H,(H2,17,20)/b14-10-. The molecule has 2 aromatic carbocycles. The molecule has 110 valence electrons. The summed E-state index contributed by atoms with van der Waals surface area (Å²) in [5.74, 6) is -1.13. The van der Waals surface area contributed by atoms with Gasteiger partial charge in [0, 0.05) is 11.1 Å². The Labute approximate surface area is 126 Å².